The van der Waals surface area contributed by atoms with Crippen LogP contribution in [0.3, 0.4) is 0 Å². The third-order valence-electron chi connectivity index (χ3n) is 14.5. The molecule has 0 fully saturated rings. The van der Waals surface area contributed by atoms with Crippen LogP contribution < -0.4 is 0 Å². The quantitative estimate of drug-likeness (QED) is 0.0937. The molecule has 0 spiro atoms. The summed E-state index contributed by atoms with van der Waals surface area (Å²) in [6.45, 7) is -5.33. The number of aromatic nitrogens is 4. The fourth-order valence-corrected chi connectivity index (χ4v) is 10.3. The van der Waals surface area contributed by atoms with Gasteiger partial charge in [0.25, 0.3) is 0 Å². The van der Waals surface area contributed by atoms with E-state index in [-0.39, 0.29) is 75.5 Å². The average molecular weight is 1750 g/mol. The number of halogens is 3. The zero-order valence-electron chi connectivity index (χ0n) is 70.5. The van der Waals surface area contributed by atoms with Crippen LogP contribution >= 0.6 is 0 Å². The minimum atomic E-state index is -6.09. The van der Waals surface area contributed by atoms with E-state index >= 15 is 0 Å². The molecule has 8 aromatic carbocycles. The summed E-state index contributed by atoms with van der Waals surface area (Å²) in [7, 11) is -4.09. The van der Waals surface area contributed by atoms with Crippen molar-refractivity contribution in [1.29, 1.82) is 0 Å². The van der Waals surface area contributed by atoms with E-state index < -0.39 is 61.7 Å². The molecule has 0 atom stereocenters. The van der Waals surface area contributed by atoms with Crippen LogP contribution in [-0.2, 0) is 56.7 Å². The molecule has 524 valence electrons. The Morgan fingerprint density at radius 1 is 0.465 bits per heavy atom. The smallest absolute Gasteiger partial charge is 0.485 e. The van der Waals surface area contributed by atoms with E-state index in [1.165, 1.54) is 61.2 Å². The van der Waals surface area contributed by atoms with E-state index in [0.717, 1.165) is 90.8 Å². The Hall–Kier alpha value is -9.52. The number of para-hydroxylation sites is 3. The number of alkyl halides is 3. The molecule has 0 aliphatic rings. The van der Waals surface area contributed by atoms with Gasteiger partial charge in [-0.3, -0.25) is 4.98 Å². The van der Waals surface area contributed by atoms with Crippen molar-refractivity contribution in [2.24, 2.45) is 5.41 Å². The second-order valence-corrected chi connectivity index (χ2v) is 23.7. The normalized spacial score (nSPS) is 14.3. The molecule has 0 aliphatic heterocycles. The van der Waals surface area contributed by atoms with Gasteiger partial charge in [0.2, 0.25) is 0 Å². The van der Waals surface area contributed by atoms with Crippen molar-refractivity contribution in [2.45, 2.75) is 74.3 Å². The number of furan rings is 4. The van der Waals surface area contributed by atoms with Gasteiger partial charge in [0.1, 0.15) is 39.1 Å². The number of aryl methyl sites for hydroxylation is 5. The maximum atomic E-state index is 10.7. The fraction of sp³-hybridized carbons (Fsp3) is 0.171. The molecule has 0 aliphatic carbocycles. The number of aliphatic hydroxyl groups is 2. The predicted molar refractivity (Wildman–Crippen MR) is 390 cm³/mol. The van der Waals surface area contributed by atoms with Crippen LogP contribution in [0.1, 0.15) is 84.9 Å². The van der Waals surface area contributed by atoms with Crippen molar-refractivity contribution in [3.63, 3.8) is 0 Å². The molecule has 0 saturated carbocycles. The molecule has 13 nitrogen and oxygen atoms in total. The average Bonchev–Trinajstić information content (AvgIpc) is 1.59. The maximum absolute atomic E-state index is 10.7. The van der Waals surface area contributed by atoms with Crippen molar-refractivity contribution in [3.8, 4) is 45.0 Å². The zero-order valence-corrected chi connectivity index (χ0v) is 59.1. The van der Waals surface area contributed by atoms with Gasteiger partial charge in [0.15, 0.2) is 10.1 Å². The van der Waals surface area contributed by atoms with Crippen LogP contribution in [0.15, 0.2) is 231 Å². The van der Waals surface area contributed by atoms with Crippen molar-refractivity contribution in [3.05, 3.63) is 264 Å². The molecule has 8 heterocycles. The van der Waals surface area contributed by atoms with Crippen molar-refractivity contribution in [2.75, 3.05) is 14.2 Å². The molecule has 2 radical (unpaired) electrons. The first kappa shape index (κ1) is 57.1. The summed E-state index contributed by atoms with van der Waals surface area (Å²) in [5.41, 5.74) is 6.34. The molecule has 8 aromatic heterocycles. The number of aliphatic hydroxyl groups excluding tert-OH is 2. The monoisotopic (exact) mass is 1750 g/mol. The first-order valence-electron chi connectivity index (χ1n) is 38.1. The second-order valence-electron chi connectivity index (χ2n) is 22.3. The molecule has 16 rings (SSSR count). The first-order chi connectivity index (χ1) is 53.8. The van der Waals surface area contributed by atoms with E-state index in [0.29, 0.717) is 61.8 Å². The molecule has 16 aromatic rings. The van der Waals surface area contributed by atoms with Crippen molar-refractivity contribution < 1.29 is 118 Å². The molecule has 0 bridgehead atoms. The Morgan fingerprint density at radius 3 is 1.40 bits per heavy atom. The van der Waals surface area contributed by atoms with Crippen LogP contribution in [0.4, 0.5) is 13.2 Å². The number of rotatable bonds is 5. The van der Waals surface area contributed by atoms with E-state index in [2.05, 4.69) is 50.3 Å². The Morgan fingerprint density at radius 2 is 0.921 bits per heavy atom. The minimum Gasteiger partial charge on any atom is -0.741 e. The standard InChI is InChI=1S/C24H15NO2.C24H14NO2.C17H20N.C13H12N.CHF3O3S.2CH4O.CH4.2Ir/c2*1-14-9-10-25-20(11-14)17-7-4-6-16-19-12-18-15-5-2-3-8-21(15)26-22(18)13-23(19)27-24(16)17;1-13-5-8-15(9-6-13)16-10-7-14(12-18-16)11-17(2,3)4;1-10-3-6-12(7-4-10)13-8-5-11(2)9-14-13;2-1(3,4)8(5,6)7;2*1-2;;;/h2-13H,1H3;2-6,8-13H,1H3;5-8,10,12H,11H2,1-4H3;3-6,8-9H,1-2H3;(H,5,6,7);2*2H,1H3;1H4;;/q;3*-1;;;;;;/p-1/i2*1D3;1D3,11D2;1D3,2D3;;;;;;. The third kappa shape index (κ3) is 18.7. The van der Waals surface area contributed by atoms with Crippen molar-refractivity contribution >= 4 is 97.9 Å². The van der Waals surface area contributed by atoms with Gasteiger partial charge in [0.05, 0.1) is 11.3 Å². The summed E-state index contributed by atoms with van der Waals surface area (Å²) in [4.78, 5) is 17.2. The van der Waals surface area contributed by atoms with E-state index in [1.807, 2.05) is 112 Å². The number of fused-ring (bicyclic) bond motifs is 12. The van der Waals surface area contributed by atoms with Gasteiger partial charge >= 0.3 is 5.51 Å². The molecule has 0 saturated heterocycles. The molecule has 2 N–H and O–H groups in total. The van der Waals surface area contributed by atoms with E-state index in [1.54, 1.807) is 48.5 Å². The summed E-state index contributed by atoms with van der Waals surface area (Å²) in [5.74, 6) is 0. The van der Waals surface area contributed by atoms with Crippen LogP contribution in [0, 0.1) is 57.9 Å². The largest absolute Gasteiger partial charge is 0.741 e. The fourth-order valence-electron chi connectivity index (χ4n) is 10.3. The molecular weight excluding hydrogens is 1660 g/mol. The van der Waals surface area contributed by atoms with Crippen LogP contribution in [0.25, 0.3) is 133 Å². The van der Waals surface area contributed by atoms with Gasteiger partial charge in [-0.15, -0.1) is 89.0 Å². The van der Waals surface area contributed by atoms with Gasteiger partial charge < -0.3 is 47.4 Å². The number of nitrogens with zero attached hydrogens (tertiary/aromatic N) is 4. The number of hydrogen-bond donors (Lipinski definition) is 2. The predicted octanol–water partition coefficient (Wildman–Crippen LogP) is 21.0. The van der Waals surface area contributed by atoms with Gasteiger partial charge in [-0.1, -0.05) is 137 Å². The number of benzene rings is 8. The second kappa shape index (κ2) is 34.2. The summed E-state index contributed by atoms with van der Waals surface area (Å²) >= 11 is 0. The van der Waals surface area contributed by atoms with Gasteiger partial charge in [0, 0.05) is 158 Å². The maximum Gasteiger partial charge on any atom is 0.485 e. The Bertz CT molecular complexity index is 5950. The van der Waals surface area contributed by atoms with Gasteiger partial charge in [-0.25, -0.2) is 8.42 Å². The third-order valence-corrected chi connectivity index (χ3v) is 15.1. The van der Waals surface area contributed by atoms with Crippen LogP contribution in [0.5, 0.6) is 0 Å². The zero-order chi connectivity index (χ0) is 84.3. The number of hydrogen-bond acceptors (Lipinski definition) is 13. The molecule has 101 heavy (non-hydrogen) atoms. The molecule has 0 amide bonds. The summed E-state index contributed by atoms with van der Waals surface area (Å²) in [6.07, 6.45) is 4.37. The summed E-state index contributed by atoms with van der Waals surface area (Å²) in [6, 6.07) is 64.4. The van der Waals surface area contributed by atoms with Crippen molar-refractivity contribution in [1.82, 2.24) is 19.9 Å². The SMILES string of the molecule is C.CO.CO.O=S(=O)([O-])C(F)(F)F.[2H]C([2H])([2H])c1c[c-]c(-c2ccc(C([2H])([2H])C(C)(C)C)cn2)cc1.[2H]C([2H])([2H])c1c[c-]c(-c2ccc(C([2H])([2H])[2H])cn2)cc1.[2H]C([2H])([2H])c1ccnc(-c2[c-]ccc3c2oc2cc4oc5ccccc5c4cc23)c1.[2H]C([2H])([2H])c1ccnc(-c2cccc3c2oc2cc4oc5ccccc5c4cc23)c1.[Ir].[Ir]. The molecular formula is C82H73F3Ir2N4O9S-4. The van der Waals surface area contributed by atoms with Crippen LogP contribution in [-0.4, -0.2) is 62.8 Å². The van der Waals surface area contributed by atoms with E-state index in [4.69, 9.17) is 64.2 Å². The number of pyridine rings is 4. The molecule has 0 unspecified atom stereocenters. The first-order valence-corrected chi connectivity index (χ1v) is 31.0. The molecule has 19 heteroatoms. The summed E-state index contributed by atoms with van der Waals surface area (Å²) < 4.78 is 212. The van der Waals surface area contributed by atoms with Gasteiger partial charge in [-0.05, 0) is 115 Å². The van der Waals surface area contributed by atoms with Gasteiger partial charge in [-0.2, -0.15) is 13.2 Å². The minimum absolute atomic E-state index is 0. The van der Waals surface area contributed by atoms with E-state index in [9.17, 15) is 13.2 Å². The Balaban J connectivity index is 0.000000208. The Labute approximate surface area is 635 Å². The Kier molecular flexibility index (Phi) is 19.4. The van der Waals surface area contributed by atoms with Crippen LogP contribution in [0.2, 0.25) is 0 Å². The topological polar surface area (TPSA) is 202 Å². The summed E-state index contributed by atoms with van der Waals surface area (Å²) in [5, 5.41) is 22.0.